The summed E-state index contributed by atoms with van der Waals surface area (Å²) in [5.41, 5.74) is 0.309. The van der Waals surface area contributed by atoms with Crippen molar-refractivity contribution in [1.82, 2.24) is 5.16 Å². The van der Waals surface area contributed by atoms with Crippen LogP contribution in [0, 0.1) is 0 Å². The van der Waals surface area contributed by atoms with E-state index in [-0.39, 0.29) is 23.2 Å². The molecular formula is C10H13NO4S. The van der Waals surface area contributed by atoms with E-state index in [9.17, 15) is 13.2 Å². The monoisotopic (exact) mass is 243 g/mol. The molecule has 88 valence electrons. The fraction of sp³-hybridized carbons (Fsp3) is 0.600. The summed E-state index contributed by atoms with van der Waals surface area (Å²) >= 11 is 0. The SMILES string of the molecule is CC(=O)c1cc(C2CCS(=O)(=O)CC2)on1. The second-order valence-corrected chi connectivity index (χ2v) is 6.40. The van der Waals surface area contributed by atoms with E-state index in [0.29, 0.717) is 24.3 Å². The third-order valence-corrected chi connectivity index (χ3v) is 4.56. The van der Waals surface area contributed by atoms with E-state index in [1.165, 1.54) is 6.92 Å². The van der Waals surface area contributed by atoms with Gasteiger partial charge in [-0.2, -0.15) is 0 Å². The number of rotatable bonds is 2. The van der Waals surface area contributed by atoms with Crippen molar-refractivity contribution in [1.29, 1.82) is 0 Å². The van der Waals surface area contributed by atoms with Gasteiger partial charge in [-0.05, 0) is 12.8 Å². The highest BCUT2D eigenvalue weighted by Gasteiger charge is 2.27. The number of hydrogen-bond acceptors (Lipinski definition) is 5. The maximum Gasteiger partial charge on any atom is 0.181 e. The number of sulfone groups is 1. The third-order valence-electron chi connectivity index (χ3n) is 2.85. The predicted molar refractivity (Wildman–Crippen MR) is 57.1 cm³/mol. The van der Waals surface area contributed by atoms with Crippen molar-refractivity contribution in [3.63, 3.8) is 0 Å². The molecule has 5 nitrogen and oxygen atoms in total. The molecule has 0 N–H and O–H groups in total. The second kappa shape index (κ2) is 4.01. The lowest BCUT2D eigenvalue weighted by molar-refractivity contribution is 0.100. The standard InChI is InChI=1S/C10H13NO4S/c1-7(12)9-6-10(15-11-9)8-2-4-16(13,14)5-3-8/h6,8H,2-5H2,1H3. The molecule has 6 heteroatoms. The van der Waals surface area contributed by atoms with Crippen molar-refractivity contribution >= 4 is 15.6 Å². The molecule has 1 saturated heterocycles. The Hall–Kier alpha value is -1.17. The number of hydrogen-bond donors (Lipinski definition) is 0. The van der Waals surface area contributed by atoms with Crippen LogP contribution in [0.1, 0.15) is 41.9 Å². The van der Waals surface area contributed by atoms with E-state index in [4.69, 9.17) is 4.52 Å². The molecule has 2 heterocycles. The highest BCUT2D eigenvalue weighted by Crippen LogP contribution is 2.29. The van der Waals surface area contributed by atoms with Crippen LogP contribution in [0.3, 0.4) is 0 Å². The Kier molecular flexibility index (Phi) is 2.84. The Balaban J connectivity index is 2.11. The second-order valence-electron chi connectivity index (χ2n) is 4.10. The number of aromatic nitrogens is 1. The summed E-state index contributed by atoms with van der Waals surface area (Å²) in [5.74, 6) is 0.935. The zero-order valence-electron chi connectivity index (χ0n) is 8.97. The Bertz CT molecular complexity index is 489. The molecule has 0 saturated carbocycles. The van der Waals surface area contributed by atoms with E-state index in [1.54, 1.807) is 6.07 Å². The first-order chi connectivity index (χ1) is 7.48. The molecule has 1 fully saturated rings. The summed E-state index contributed by atoms with van der Waals surface area (Å²) in [6.45, 7) is 1.42. The first-order valence-corrected chi connectivity index (χ1v) is 6.98. The largest absolute Gasteiger partial charge is 0.360 e. The Morgan fingerprint density at radius 3 is 2.56 bits per heavy atom. The molecule has 0 radical (unpaired) electrons. The zero-order chi connectivity index (χ0) is 11.8. The van der Waals surface area contributed by atoms with E-state index in [2.05, 4.69) is 5.16 Å². The average Bonchev–Trinajstić information content (AvgIpc) is 2.66. The Morgan fingerprint density at radius 1 is 1.44 bits per heavy atom. The van der Waals surface area contributed by atoms with Crippen molar-refractivity contribution in [3.05, 3.63) is 17.5 Å². The van der Waals surface area contributed by atoms with Crippen LogP contribution < -0.4 is 0 Å². The lowest BCUT2D eigenvalue weighted by Crippen LogP contribution is -2.21. The van der Waals surface area contributed by atoms with Crippen molar-refractivity contribution in [2.24, 2.45) is 0 Å². The van der Waals surface area contributed by atoms with Gasteiger partial charge in [0.05, 0.1) is 11.5 Å². The fourth-order valence-corrected chi connectivity index (χ4v) is 3.31. The number of ketones is 1. The number of carbonyl (C=O) groups is 1. The van der Waals surface area contributed by atoms with Gasteiger partial charge in [0.25, 0.3) is 0 Å². The zero-order valence-corrected chi connectivity index (χ0v) is 9.79. The number of carbonyl (C=O) groups excluding carboxylic acids is 1. The Labute approximate surface area is 93.7 Å². The van der Waals surface area contributed by atoms with Crippen LogP contribution in [0.5, 0.6) is 0 Å². The fourth-order valence-electron chi connectivity index (χ4n) is 1.82. The van der Waals surface area contributed by atoms with Crippen LogP contribution in [0.25, 0.3) is 0 Å². The van der Waals surface area contributed by atoms with Gasteiger partial charge in [0.15, 0.2) is 5.78 Å². The van der Waals surface area contributed by atoms with E-state index in [1.807, 2.05) is 0 Å². The van der Waals surface area contributed by atoms with Crippen molar-refractivity contribution in [2.45, 2.75) is 25.7 Å². The van der Waals surface area contributed by atoms with Gasteiger partial charge in [0.1, 0.15) is 21.3 Å². The first kappa shape index (κ1) is 11.3. The van der Waals surface area contributed by atoms with Gasteiger partial charge >= 0.3 is 0 Å². The Morgan fingerprint density at radius 2 is 2.06 bits per heavy atom. The summed E-state index contributed by atoms with van der Waals surface area (Å²) < 4.78 is 27.5. The minimum Gasteiger partial charge on any atom is -0.360 e. The van der Waals surface area contributed by atoms with Gasteiger partial charge in [0.2, 0.25) is 0 Å². The van der Waals surface area contributed by atoms with Crippen LogP contribution in [0.15, 0.2) is 10.6 Å². The smallest absolute Gasteiger partial charge is 0.181 e. The third kappa shape index (κ3) is 2.32. The van der Waals surface area contributed by atoms with Gasteiger partial charge in [0, 0.05) is 18.9 Å². The van der Waals surface area contributed by atoms with E-state index in [0.717, 1.165) is 0 Å². The maximum atomic E-state index is 11.2. The van der Waals surface area contributed by atoms with Crippen molar-refractivity contribution in [2.75, 3.05) is 11.5 Å². The van der Waals surface area contributed by atoms with Crippen LogP contribution in [0.2, 0.25) is 0 Å². The molecule has 0 bridgehead atoms. The van der Waals surface area contributed by atoms with Gasteiger partial charge in [-0.3, -0.25) is 4.79 Å². The highest BCUT2D eigenvalue weighted by molar-refractivity contribution is 7.91. The van der Waals surface area contributed by atoms with Gasteiger partial charge < -0.3 is 4.52 Å². The molecule has 0 unspecified atom stereocenters. The average molecular weight is 243 g/mol. The van der Waals surface area contributed by atoms with Gasteiger partial charge in [-0.1, -0.05) is 5.16 Å². The minimum absolute atomic E-state index is 0.0733. The topological polar surface area (TPSA) is 77.2 Å². The molecular weight excluding hydrogens is 230 g/mol. The molecule has 0 amide bonds. The lowest BCUT2D eigenvalue weighted by atomic mass is 9.99. The molecule has 1 aromatic heterocycles. The van der Waals surface area contributed by atoms with Crippen molar-refractivity contribution in [3.8, 4) is 0 Å². The van der Waals surface area contributed by atoms with Crippen molar-refractivity contribution < 1.29 is 17.7 Å². The predicted octanol–water partition coefficient (Wildman–Crippen LogP) is 1.17. The van der Waals surface area contributed by atoms with Gasteiger partial charge in [-0.15, -0.1) is 0 Å². The summed E-state index contributed by atoms with van der Waals surface area (Å²) in [6, 6.07) is 1.62. The summed E-state index contributed by atoms with van der Waals surface area (Å²) in [7, 11) is -2.86. The number of Topliss-reactive ketones (excluding diaryl/α,β-unsaturated/α-hetero) is 1. The van der Waals surface area contributed by atoms with Crippen LogP contribution >= 0.6 is 0 Å². The molecule has 0 spiro atoms. The lowest BCUT2D eigenvalue weighted by Gasteiger charge is -2.18. The number of nitrogens with zero attached hydrogens (tertiary/aromatic N) is 1. The molecule has 16 heavy (non-hydrogen) atoms. The maximum absolute atomic E-state index is 11.2. The molecule has 2 rings (SSSR count). The summed E-state index contributed by atoms with van der Waals surface area (Å²) in [6.07, 6.45) is 1.10. The first-order valence-electron chi connectivity index (χ1n) is 5.16. The molecule has 1 aliphatic rings. The molecule has 0 atom stereocenters. The van der Waals surface area contributed by atoms with Crippen LogP contribution in [-0.4, -0.2) is 30.9 Å². The van der Waals surface area contributed by atoms with Crippen LogP contribution in [-0.2, 0) is 9.84 Å². The molecule has 1 aliphatic heterocycles. The van der Waals surface area contributed by atoms with Gasteiger partial charge in [-0.25, -0.2) is 8.42 Å². The summed E-state index contributed by atoms with van der Waals surface area (Å²) in [4.78, 5) is 11.0. The quantitative estimate of drug-likeness (QED) is 0.729. The normalized spacial score (nSPS) is 20.8. The van der Waals surface area contributed by atoms with Crippen LogP contribution in [0.4, 0.5) is 0 Å². The highest BCUT2D eigenvalue weighted by atomic mass is 32.2. The molecule has 0 aromatic carbocycles. The summed E-state index contributed by atoms with van der Waals surface area (Å²) in [5, 5.41) is 3.65. The minimum atomic E-state index is -2.86. The van der Waals surface area contributed by atoms with E-state index < -0.39 is 9.84 Å². The molecule has 1 aromatic rings. The molecule has 0 aliphatic carbocycles. The van der Waals surface area contributed by atoms with E-state index >= 15 is 0 Å².